The van der Waals surface area contributed by atoms with Crippen LogP contribution in [0.15, 0.2) is 18.2 Å². The van der Waals surface area contributed by atoms with E-state index in [0.717, 1.165) is 25.3 Å². The summed E-state index contributed by atoms with van der Waals surface area (Å²) in [6.45, 7) is 4.13. The first kappa shape index (κ1) is 14.1. The average molecular weight is 273 g/mol. The van der Waals surface area contributed by atoms with E-state index in [1.54, 1.807) is 6.07 Å². The molecule has 2 rings (SSSR count). The minimum absolute atomic E-state index is 0.246. The van der Waals surface area contributed by atoms with Gasteiger partial charge in [0.15, 0.2) is 0 Å². The molecule has 0 spiro atoms. The lowest BCUT2D eigenvalue weighted by Gasteiger charge is -2.39. The number of hydrogen-bond donors (Lipinski definition) is 1. The average Bonchev–Trinajstić information content (AvgIpc) is 2.33. The fourth-order valence-electron chi connectivity index (χ4n) is 2.43. The number of halogens is 3. The highest BCUT2D eigenvalue weighted by molar-refractivity contribution is 5.35. The lowest BCUT2D eigenvalue weighted by atomic mass is 10.00. The summed E-state index contributed by atoms with van der Waals surface area (Å²) in [5.74, 6) is 0.246. The van der Waals surface area contributed by atoms with E-state index in [2.05, 4.69) is 24.3 Å². The van der Waals surface area contributed by atoms with Gasteiger partial charge in [-0.1, -0.05) is 12.5 Å². The van der Waals surface area contributed by atoms with Crippen molar-refractivity contribution >= 4 is 5.82 Å². The molecule has 0 amide bonds. The van der Waals surface area contributed by atoms with Crippen molar-refractivity contribution in [1.82, 2.24) is 9.99 Å². The Hall–Kier alpha value is -1.30. The highest BCUT2D eigenvalue weighted by atomic mass is 19.4. The van der Waals surface area contributed by atoms with Gasteiger partial charge in [-0.3, -0.25) is 0 Å². The molecule has 2 atom stereocenters. The van der Waals surface area contributed by atoms with E-state index < -0.39 is 11.9 Å². The Morgan fingerprint density at radius 1 is 1.21 bits per heavy atom. The van der Waals surface area contributed by atoms with Crippen molar-refractivity contribution in [3.63, 3.8) is 0 Å². The van der Waals surface area contributed by atoms with E-state index in [4.69, 9.17) is 0 Å². The van der Waals surface area contributed by atoms with Gasteiger partial charge in [0.1, 0.15) is 11.5 Å². The zero-order chi connectivity index (χ0) is 14.0. The van der Waals surface area contributed by atoms with Gasteiger partial charge in [0.25, 0.3) is 0 Å². The number of piperidine rings is 1. The number of alkyl halides is 3. The highest BCUT2D eigenvalue weighted by Crippen LogP contribution is 2.29. The summed E-state index contributed by atoms with van der Waals surface area (Å²) >= 11 is 0. The molecule has 1 aliphatic rings. The molecular formula is C13H18F3N3. The highest BCUT2D eigenvalue weighted by Gasteiger charge is 2.33. The third-order valence-electron chi connectivity index (χ3n) is 3.48. The van der Waals surface area contributed by atoms with Gasteiger partial charge in [-0.2, -0.15) is 13.2 Å². The number of pyridine rings is 1. The monoisotopic (exact) mass is 273 g/mol. The van der Waals surface area contributed by atoms with E-state index in [9.17, 15) is 13.2 Å². The molecule has 0 saturated carbocycles. The lowest BCUT2D eigenvalue weighted by molar-refractivity contribution is -0.141. The zero-order valence-corrected chi connectivity index (χ0v) is 11.0. The lowest BCUT2D eigenvalue weighted by Crippen LogP contribution is -2.47. The molecule has 2 unspecified atom stereocenters. The maximum Gasteiger partial charge on any atom is 0.433 e. The predicted molar refractivity (Wildman–Crippen MR) is 67.5 cm³/mol. The second-order valence-corrected chi connectivity index (χ2v) is 5.05. The molecule has 1 N–H and O–H groups in total. The van der Waals surface area contributed by atoms with E-state index in [0.29, 0.717) is 12.1 Å². The summed E-state index contributed by atoms with van der Waals surface area (Å²) in [5.41, 5.74) is 2.15. The summed E-state index contributed by atoms with van der Waals surface area (Å²) in [6, 6.07) is 4.50. The number of nitrogens with zero attached hydrogens (tertiary/aromatic N) is 2. The van der Waals surface area contributed by atoms with Crippen LogP contribution in [0.1, 0.15) is 38.8 Å². The second-order valence-electron chi connectivity index (χ2n) is 5.05. The van der Waals surface area contributed by atoms with Gasteiger partial charge in [0, 0.05) is 12.1 Å². The van der Waals surface area contributed by atoms with Gasteiger partial charge in [-0.05, 0) is 38.8 Å². The molecule has 1 saturated heterocycles. The van der Waals surface area contributed by atoms with Crippen LogP contribution in [0.4, 0.5) is 19.0 Å². The van der Waals surface area contributed by atoms with Gasteiger partial charge < -0.3 is 5.43 Å². The SMILES string of the molecule is CC1CCCC(C)N1Nc1cccc(C(F)(F)F)n1. The maximum atomic E-state index is 12.6. The van der Waals surface area contributed by atoms with Crippen molar-refractivity contribution in [2.75, 3.05) is 5.43 Å². The molecule has 1 aromatic rings. The van der Waals surface area contributed by atoms with E-state index in [1.165, 1.54) is 6.07 Å². The van der Waals surface area contributed by atoms with Gasteiger partial charge >= 0.3 is 6.18 Å². The molecule has 0 aliphatic carbocycles. The first-order chi connectivity index (χ1) is 8.88. The van der Waals surface area contributed by atoms with Gasteiger partial charge in [0.05, 0.1) is 0 Å². The molecule has 1 fully saturated rings. The largest absolute Gasteiger partial charge is 0.433 e. The van der Waals surface area contributed by atoms with Crippen LogP contribution in [0.25, 0.3) is 0 Å². The van der Waals surface area contributed by atoms with Crippen LogP contribution < -0.4 is 5.43 Å². The predicted octanol–water partition coefficient (Wildman–Crippen LogP) is 3.69. The van der Waals surface area contributed by atoms with E-state index in [-0.39, 0.29) is 5.82 Å². The van der Waals surface area contributed by atoms with Crippen molar-refractivity contribution < 1.29 is 13.2 Å². The van der Waals surface area contributed by atoms with Crippen molar-refractivity contribution in [1.29, 1.82) is 0 Å². The normalized spacial score (nSPS) is 25.3. The number of hydrazine groups is 1. The molecule has 106 valence electrons. The van der Waals surface area contributed by atoms with Crippen LogP contribution in [0, 0.1) is 0 Å². The summed E-state index contributed by atoms with van der Waals surface area (Å²) in [4.78, 5) is 3.63. The fourth-order valence-corrected chi connectivity index (χ4v) is 2.43. The molecule has 2 heterocycles. The van der Waals surface area contributed by atoms with Crippen LogP contribution in [-0.2, 0) is 6.18 Å². The first-order valence-electron chi connectivity index (χ1n) is 6.47. The number of anilines is 1. The number of hydrogen-bond acceptors (Lipinski definition) is 3. The van der Waals surface area contributed by atoms with Crippen LogP contribution in [0.3, 0.4) is 0 Å². The molecule has 1 aromatic heterocycles. The summed E-state index contributed by atoms with van der Waals surface area (Å²) in [6.07, 6.45) is -1.18. The summed E-state index contributed by atoms with van der Waals surface area (Å²) in [7, 11) is 0. The zero-order valence-electron chi connectivity index (χ0n) is 11.0. The number of rotatable bonds is 2. The Morgan fingerprint density at radius 2 is 1.84 bits per heavy atom. The number of nitrogens with one attached hydrogen (secondary N) is 1. The quantitative estimate of drug-likeness (QED) is 0.890. The maximum absolute atomic E-state index is 12.6. The van der Waals surface area contributed by atoms with Gasteiger partial charge in [-0.25, -0.2) is 9.99 Å². The van der Waals surface area contributed by atoms with E-state index >= 15 is 0 Å². The van der Waals surface area contributed by atoms with Crippen molar-refractivity contribution in [2.24, 2.45) is 0 Å². The van der Waals surface area contributed by atoms with Crippen LogP contribution >= 0.6 is 0 Å². The van der Waals surface area contributed by atoms with Crippen LogP contribution in [-0.4, -0.2) is 22.1 Å². The van der Waals surface area contributed by atoms with E-state index in [1.807, 2.05) is 5.01 Å². The van der Waals surface area contributed by atoms with Crippen molar-refractivity contribution in [2.45, 2.75) is 51.4 Å². The Labute approximate surface area is 110 Å². The molecular weight excluding hydrogens is 255 g/mol. The Balaban J connectivity index is 2.14. The molecule has 19 heavy (non-hydrogen) atoms. The van der Waals surface area contributed by atoms with Crippen molar-refractivity contribution in [3.05, 3.63) is 23.9 Å². The topological polar surface area (TPSA) is 28.2 Å². The molecule has 0 bridgehead atoms. The smallest absolute Gasteiger partial charge is 0.303 e. The minimum Gasteiger partial charge on any atom is -0.303 e. The minimum atomic E-state index is -4.41. The molecule has 0 radical (unpaired) electrons. The molecule has 1 aliphatic heterocycles. The fraction of sp³-hybridized carbons (Fsp3) is 0.615. The third-order valence-corrected chi connectivity index (χ3v) is 3.48. The Kier molecular flexibility index (Phi) is 3.99. The van der Waals surface area contributed by atoms with Crippen LogP contribution in [0.2, 0.25) is 0 Å². The second kappa shape index (κ2) is 5.36. The van der Waals surface area contributed by atoms with Crippen molar-refractivity contribution in [3.8, 4) is 0 Å². The standard InChI is InChI=1S/C13H18F3N3/c1-9-5-3-6-10(2)19(9)18-12-8-4-7-11(17-12)13(14,15)16/h4,7-10H,3,5-6H2,1-2H3,(H,17,18). The summed E-state index contributed by atoms with van der Waals surface area (Å²) < 4.78 is 37.8. The Bertz CT molecular complexity index is 423. The number of aromatic nitrogens is 1. The Morgan fingerprint density at radius 3 is 2.42 bits per heavy atom. The summed E-state index contributed by atoms with van der Waals surface area (Å²) in [5, 5.41) is 1.99. The molecule has 0 aromatic carbocycles. The third kappa shape index (κ3) is 3.37. The van der Waals surface area contributed by atoms with Gasteiger partial charge in [-0.15, -0.1) is 0 Å². The molecule has 6 heteroatoms. The van der Waals surface area contributed by atoms with Gasteiger partial charge in [0.2, 0.25) is 0 Å². The molecule has 3 nitrogen and oxygen atoms in total. The van der Waals surface area contributed by atoms with Crippen LogP contribution in [0.5, 0.6) is 0 Å². The first-order valence-corrected chi connectivity index (χ1v) is 6.47.